The van der Waals surface area contributed by atoms with Crippen LogP contribution in [0.1, 0.15) is 25.6 Å². The van der Waals surface area contributed by atoms with Crippen molar-refractivity contribution in [1.82, 2.24) is 20.3 Å². The Labute approximate surface area is 106 Å². The van der Waals surface area contributed by atoms with Crippen LogP contribution >= 0.6 is 0 Å². The van der Waals surface area contributed by atoms with Crippen molar-refractivity contribution >= 4 is 11.2 Å². The highest BCUT2D eigenvalue weighted by Crippen LogP contribution is 2.18. The van der Waals surface area contributed by atoms with Crippen molar-refractivity contribution in [1.29, 1.82) is 0 Å². The second-order valence-electron chi connectivity index (χ2n) is 4.62. The average Bonchev–Trinajstić information content (AvgIpc) is 3.08. The molecule has 1 fully saturated rings. The zero-order valence-corrected chi connectivity index (χ0v) is 10.6. The summed E-state index contributed by atoms with van der Waals surface area (Å²) in [7, 11) is 0. The van der Waals surface area contributed by atoms with Gasteiger partial charge in [0.05, 0.1) is 12.1 Å². The van der Waals surface area contributed by atoms with Crippen LogP contribution in [0.5, 0.6) is 5.88 Å². The lowest BCUT2D eigenvalue weighted by Crippen LogP contribution is -2.19. The molecule has 5 nitrogen and oxygen atoms in total. The fraction of sp³-hybridized carbons (Fsp3) is 0.538. The highest BCUT2D eigenvalue weighted by atomic mass is 16.5. The van der Waals surface area contributed by atoms with E-state index in [1.165, 1.54) is 12.8 Å². The Morgan fingerprint density at radius 2 is 2.28 bits per heavy atom. The first-order valence-corrected chi connectivity index (χ1v) is 6.57. The highest BCUT2D eigenvalue weighted by molar-refractivity contribution is 5.71. The van der Waals surface area contributed by atoms with E-state index in [1.807, 2.05) is 19.1 Å². The molecular formula is C13H18N4O. The number of hydrogen-bond donors (Lipinski definition) is 2. The molecule has 0 spiro atoms. The van der Waals surface area contributed by atoms with Crippen LogP contribution in [0.25, 0.3) is 11.2 Å². The predicted octanol–water partition coefficient (Wildman–Crippen LogP) is 1.65. The van der Waals surface area contributed by atoms with Gasteiger partial charge in [-0.15, -0.1) is 0 Å². The number of aromatic nitrogens is 3. The van der Waals surface area contributed by atoms with Crippen molar-refractivity contribution in [2.45, 2.75) is 32.2 Å². The van der Waals surface area contributed by atoms with Gasteiger partial charge in [-0.2, -0.15) is 4.98 Å². The topological polar surface area (TPSA) is 62.8 Å². The second-order valence-corrected chi connectivity index (χ2v) is 4.62. The molecule has 0 radical (unpaired) electrons. The van der Waals surface area contributed by atoms with E-state index in [0.29, 0.717) is 12.5 Å². The lowest BCUT2D eigenvalue weighted by molar-refractivity contribution is 0.328. The smallest absolute Gasteiger partial charge is 0.215 e. The Kier molecular flexibility index (Phi) is 3.15. The van der Waals surface area contributed by atoms with E-state index >= 15 is 0 Å². The largest absolute Gasteiger partial charge is 0.478 e. The summed E-state index contributed by atoms with van der Waals surface area (Å²) in [5, 5.41) is 3.48. The molecule has 3 rings (SSSR count). The van der Waals surface area contributed by atoms with E-state index in [0.717, 1.165) is 36.0 Å². The van der Waals surface area contributed by atoms with Crippen molar-refractivity contribution in [3.63, 3.8) is 0 Å². The van der Waals surface area contributed by atoms with Gasteiger partial charge in [-0.1, -0.05) is 0 Å². The molecule has 1 saturated carbocycles. The van der Waals surface area contributed by atoms with E-state index < -0.39 is 0 Å². The van der Waals surface area contributed by atoms with Gasteiger partial charge >= 0.3 is 0 Å². The van der Waals surface area contributed by atoms with E-state index in [9.17, 15) is 0 Å². The molecule has 0 aromatic carbocycles. The number of pyridine rings is 1. The maximum absolute atomic E-state index is 5.37. The third-order valence-electron chi connectivity index (χ3n) is 3.03. The quantitative estimate of drug-likeness (QED) is 0.813. The van der Waals surface area contributed by atoms with Gasteiger partial charge < -0.3 is 15.0 Å². The molecule has 2 aromatic rings. The minimum absolute atomic E-state index is 0.626. The first kappa shape index (κ1) is 11.5. The lowest BCUT2D eigenvalue weighted by Gasteiger charge is -1.99. The number of fused-ring (bicyclic) bond motifs is 1. The number of nitrogens with zero attached hydrogens (tertiary/aromatic N) is 2. The van der Waals surface area contributed by atoms with Crippen molar-refractivity contribution in [3.8, 4) is 5.88 Å². The Morgan fingerprint density at radius 1 is 1.39 bits per heavy atom. The Bertz CT molecular complexity index is 533. The summed E-state index contributed by atoms with van der Waals surface area (Å²) < 4.78 is 5.37. The van der Waals surface area contributed by atoms with Gasteiger partial charge in [-0.3, -0.25) is 0 Å². The van der Waals surface area contributed by atoms with E-state index in [-0.39, 0.29) is 0 Å². The third kappa shape index (κ3) is 2.61. The minimum Gasteiger partial charge on any atom is -0.478 e. The summed E-state index contributed by atoms with van der Waals surface area (Å²) in [6.45, 7) is 3.55. The Morgan fingerprint density at radius 3 is 3.06 bits per heavy atom. The van der Waals surface area contributed by atoms with Crippen molar-refractivity contribution in [2.24, 2.45) is 0 Å². The van der Waals surface area contributed by atoms with Crippen molar-refractivity contribution in [3.05, 3.63) is 18.0 Å². The third-order valence-corrected chi connectivity index (χ3v) is 3.03. The summed E-state index contributed by atoms with van der Waals surface area (Å²) in [5.74, 6) is 1.62. The van der Waals surface area contributed by atoms with E-state index in [4.69, 9.17) is 4.74 Å². The van der Waals surface area contributed by atoms with Crippen LogP contribution in [-0.4, -0.2) is 34.1 Å². The van der Waals surface area contributed by atoms with Crippen LogP contribution in [0.3, 0.4) is 0 Å². The van der Waals surface area contributed by atoms with E-state index in [1.54, 1.807) is 0 Å². The van der Waals surface area contributed by atoms with Gasteiger partial charge in [0, 0.05) is 25.1 Å². The summed E-state index contributed by atoms with van der Waals surface area (Å²) in [4.78, 5) is 12.1. The van der Waals surface area contributed by atoms with Crippen molar-refractivity contribution < 1.29 is 4.74 Å². The minimum atomic E-state index is 0.626. The number of ether oxygens (including phenoxy) is 1. The van der Waals surface area contributed by atoms with Gasteiger partial charge in [0.2, 0.25) is 5.88 Å². The number of rotatable bonds is 6. The standard InChI is InChI=1S/C13H18N4O/c1-2-18-12-6-5-10-13(17-12)16-11(15-10)7-8-14-9-3-4-9/h5-6,9,14H,2-4,7-8H2,1H3,(H,15,16,17). The molecule has 2 heterocycles. The van der Waals surface area contributed by atoms with Crippen LogP contribution < -0.4 is 10.1 Å². The SMILES string of the molecule is CCOc1ccc2[nH]c(CCNC3CC3)nc2n1. The molecule has 0 unspecified atom stereocenters. The first-order chi connectivity index (χ1) is 8.85. The molecule has 1 aliphatic rings. The fourth-order valence-corrected chi connectivity index (χ4v) is 1.95. The maximum atomic E-state index is 5.37. The van der Waals surface area contributed by atoms with Gasteiger partial charge in [0.1, 0.15) is 5.82 Å². The molecule has 5 heteroatoms. The maximum Gasteiger partial charge on any atom is 0.215 e. The molecule has 2 aromatic heterocycles. The zero-order chi connectivity index (χ0) is 12.4. The lowest BCUT2D eigenvalue weighted by atomic mass is 10.4. The van der Waals surface area contributed by atoms with Crippen LogP contribution in [0.15, 0.2) is 12.1 Å². The van der Waals surface area contributed by atoms with Crippen LogP contribution in [-0.2, 0) is 6.42 Å². The molecule has 0 bridgehead atoms. The monoisotopic (exact) mass is 246 g/mol. The first-order valence-electron chi connectivity index (χ1n) is 6.57. The molecule has 18 heavy (non-hydrogen) atoms. The number of aromatic amines is 1. The summed E-state index contributed by atoms with van der Waals surface area (Å²) in [6.07, 6.45) is 3.55. The van der Waals surface area contributed by atoms with Gasteiger partial charge in [0.25, 0.3) is 0 Å². The van der Waals surface area contributed by atoms with Gasteiger partial charge in [-0.25, -0.2) is 4.98 Å². The average molecular weight is 246 g/mol. The van der Waals surface area contributed by atoms with Gasteiger partial charge in [0.15, 0.2) is 5.65 Å². The molecule has 2 N–H and O–H groups in total. The Hall–Kier alpha value is -1.62. The molecule has 1 aliphatic carbocycles. The molecule has 96 valence electrons. The molecule has 0 saturated heterocycles. The number of imidazole rings is 1. The number of hydrogen-bond acceptors (Lipinski definition) is 4. The molecule has 0 atom stereocenters. The van der Waals surface area contributed by atoms with Crippen LogP contribution in [0, 0.1) is 0 Å². The molecule has 0 aliphatic heterocycles. The zero-order valence-electron chi connectivity index (χ0n) is 10.6. The van der Waals surface area contributed by atoms with Gasteiger partial charge in [-0.05, 0) is 25.8 Å². The summed E-state index contributed by atoms with van der Waals surface area (Å²) >= 11 is 0. The normalized spacial score (nSPS) is 15.2. The number of H-pyrrole nitrogens is 1. The fourth-order valence-electron chi connectivity index (χ4n) is 1.95. The van der Waals surface area contributed by atoms with Crippen molar-refractivity contribution in [2.75, 3.05) is 13.2 Å². The molecular weight excluding hydrogens is 228 g/mol. The Balaban J connectivity index is 1.68. The summed E-state index contributed by atoms with van der Waals surface area (Å²) in [6, 6.07) is 4.59. The summed E-state index contributed by atoms with van der Waals surface area (Å²) in [5.41, 5.74) is 1.71. The van der Waals surface area contributed by atoms with E-state index in [2.05, 4.69) is 20.3 Å². The predicted molar refractivity (Wildman–Crippen MR) is 69.8 cm³/mol. The second kappa shape index (κ2) is 4.94. The highest BCUT2D eigenvalue weighted by Gasteiger charge is 2.19. The number of nitrogens with one attached hydrogen (secondary N) is 2. The van der Waals surface area contributed by atoms with Crippen LogP contribution in [0.4, 0.5) is 0 Å². The molecule has 0 amide bonds. The van der Waals surface area contributed by atoms with Crippen LogP contribution in [0.2, 0.25) is 0 Å².